The number of fused-ring (bicyclic) bond motifs is 2. The molecule has 0 fully saturated rings. The standard InChI is InChI=1S/C19H18N2O4/c1-11-7-14-15(21-25-17(14)8-12(11)2)10-19(22)20-13-3-4-16-18(9-13)24-6-5-23-16/h3-4,7-9H,5-6,10H2,1-2H3,(H,20,22). The maximum absolute atomic E-state index is 12.4. The average molecular weight is 338 g/mol. The van der Waals surface area contributed by atoms with Crippen LogP contribution >= 0.6 is 0 Å². The summed E-state index contributed by atoms with van der Waals surface area (Å²) in [6.45, 7) is 5.09. The molecular weight excluding hydrogens is 320 g/mol. The van der Waals surface area contributed by atoms with E-state index in [4.69, 9.17) is 14.0 Å². The zero-order valence-electron chi connectivity index (χ0n) is 14.1. The van der Waals surface area contributed by atoms with Crippen molar-refractivity contribution in [1.29, 1.82) is 0 Å². The van der Waals surface area contributed by atoms with Gasteiger partial charge in [0.2, 0.25) is 5.91 Å². The fraction of sp³-hybridized carbons (Fsp3) is 0.263. The SMILES string of the molecule is Cc1cc2onc(CC(=O)Nc3ccc4c(c3)OCCO4)c2cc1C. The van der Waals surface area contributed by atoms with E-state index in [1.807, 2.05) is 26.0 Å². The second kappa shape index (κ2) is 6.12. The van der Waals surface area contributed by atoms with Gasteiger partial charge in [-0.3, -0.25) is 4.79 Å². The zero-order chi connectivity index (χ0) is 17.4. The summed E-state index contributed by atoms with van der Waals surface area (Å²) in [6.07, 6.45) is 0.143. The van der Waals surface area contributed by atoms with Gasteiger partial charge >= 0.3 is 0 Å². The first-order valence-corrected chi connectivity index (χ1v) is 8.15. The van der Waals surface area contributed by atoms with Gasteiger partial charge in [0.25, 0.3) is 0 Å². The molecule has 3 aromatic rings. The highest BCUT2D eigenvalue weighted by atomic mass is 16.6. The van der Waals surface area contributed by atoms with Crippen molar-refractivity contribution in [2.75, 3.05) is 18.5 Å². The van der Waals surface area contributed by atoms with E-state index in [9.17, 15) is 4.79 Å². The van der Waals surface area contributed by atoms with Crippen LogP contribution in [0.25, 0.3) is 11.0 Å². The lowest BCUT2D eigenvalue weighted by Crippen LogP contribution is -2.17. The van der Waals surface area contributed by atoms with Gasteiger partial charge in [0.15, 0.2) is 17.1 Å². The van der Waals surface area contributed by atoms with Crippen LogP contribution in [0.1, 0.15) is 16.8 Å². The van der Waals surface area contributed by atoms with Gasteiger partial charge in [0, 0.05) is 17.1 Å². The fourth-order valence-corrected chi connectivity index (χ4v) is 2.85. The smallest absolute Gasteiger partial charge is 0.230 e. The van der Waals surface area contributed by atoms with E-state index in [0.717, 1.165) is 16.5 Å². The summed E-state index contributed by atoms with van der Waals surface area (Å²) in [7, 11) is 0. The van der Waals surface area contributed by atoms with Crippen LogP contribution < -0.4 is 14.8 Å². The molecule has 0 saturated carbocycles. The minimum atomic E-state index is -0.162. The van der Waals surface area contributed by atoms with Gasteiger partial charge in [-0.15, -0.1) is 0 Å². The van der Waals surface area contributed by atoms with Gasteiger partial charge in [-0.05, 0) is 49.2 Å². The Morgan fingerprint density at radius 3 is 2.68 bits per heavy atom. The molecule has 4 rings (SSSR count). The molecular formula is C19H18N2O4. The Labute approximate surface area is 144 Å². The normalized spacial score (nSPS) is 13.0. The van der Waals surface area contributed by atoms with Crippen LogP contribution in [0.3, 0.4) is 0 Å². The van der Waals surface area contributed by atoms with Crippen LogP contribution in [0.4, 0.5) is 5.69 Å². The van der Waals surface area contributed by atoms with Crippen molar-refractivity contribution in [2.45, 2.75) is 20.3 Å². The van der Waals surface area contributed by atoms with E-state index in [0.29, 0.717) is 41.7 Å². The third kappa shape index (κ3) is 3.03. The monoisotopic (exact) mass is 338 g/mol. The summed E-state index contributed by atoms with van der Waals surface area (Å²) in [5.74, 6) is 1.17. The summed E-state index contributed by atoms with van der Waals surface area (Å²) in [6, 6.07) is 9.30. The van der Waals surface area contributed by atoms with Crippen LogP contribution in [-0.4, -0.2) is 24.3 Å². The molecule has 0 saturated heterocycles. The first-order valence-electron chi connectivity index (χ1n) is 8.15. The van der Waals surface area contributed by atoms with Gasteiger partial charge < -0.3 is 19.3 Å². The number of carbonyl (C=O) groups is 1. The average Bonchev–Trinajstić information content (AvgIpc) is 2.97. The van der Waals surface area contributed by atoms with Gasteiger partial charge in [-0.1, -0.05) is 5.16 Å². The van der Waals surface area contributed by atoms with Gasteiger partial charge in [-0.25, -0.2) is 0 Å². The number of carbonyl (C=O) groups excluding carboxylic acids is 1. The molecule has 128 valence electrons. The highest BCUT2D eigenvalue weighted by Crippen LogP contribution is 2.32. The van der Waals surface area contributed by atoms with Crippen molar-refractivity contribution in [3.8, 4) is 11.5 Å². The number of aryl methyl sites for hydroxylation is 2. The van der Waals surface area contributed by atoms with Crippen LogP contribution in [0.2, 0.25) is 0 Å². The first-order chi connectivity index (χ1) is 12.1. The number of rotatable bonds is 3. The molecule has 1 amide bonds. The highest BCUT2D eigenvalue weighted by molar-refractivity contribution is 5.95. The lowest BCUT2D eigenvalue weighted by molar-refractivity contribution is -0.115. The van der Waals surface area contributed by atoms with E-state index in [1.54, 1.807) is 18.2 Å². The van der Waals surface area contributed by atoms with Crippen LogP contribution in [-0.2, 0) is 11.2 Å². The molecule has 0 aliphatic carbocycles. The molecule has 0 spiro atoms. The number of benzene rings is 2. The molecule has 1 aliphatic rings. The third-order valence-electron chi connectivity index (χ3n) is 4.31. The summed E-state index contributed by atoms with van der Waals surface area (Å²) in [5, 5.41) is 7.79. The number of anilines is 1. The maximum Gasteiger partial charge on any atom is 0.230 e. The van der Waals surface area contributed by atoms with E-state index in [2.05, 4.69) is 10.5 Å². The minimum Gasteiger partial charge on any atom is -0.486 e. The molecule has 6 heteroatoms. The molecule has 2 heterocycles. The number of hydrogen-bond donors (Lipinski definition) is 1. The van der Waals surface area contributed by atoms with E-state index >= 15 is 0 Å². The molecule has 2 aromatic carbocycles. The van der Waals surface area contributed by atoms with E-state index in [1.165, 1.54) is 0 Å². The van der Waals surface area contributed by atoms with Gasteiger partial charge in [0.05, 0.1) is 6.42 Å². The molecule has 0 atom stereocenters. The van der Waals surface area contributed by atoms with Crippen molar-refractivity contribution < 1.29 is 18.8 Å². The molecule has 6 nitrogen and oxygen atoms in total. The molecule has 1 N–H and O–H groups in total. The number of amides is 1. The second-order valence-corrected chi connectivity index (χ2v) is 6.15. The molecule has 1 aliphatic heterocycles. The number of aromatic nitrogens is 1. The lowest BCUT2D eigenvalue weighted by atomic mass is 10.1. The lowest BCUT2D eigenvalue weighted by Gasteiger charge is -2.18. The van der Waals surface area contributed by atoms with Crippen molar-refractivity contribution in [1.82, 2.24) is 5.16 Å². The molecule has 0 bridgehead atoms. The predicted octanol–water partition coefficient (Wildman–Crippen LogP) is 3.40. The number of nitrogens with zero attached hydrogens (tertiary/aromatic N) is 1. The Balaban J connectivity index is 1.52. The van der Waals surface area contributed by atoms with E-state index < -0.39 is 0 Å². The van der Waals surface area contributed by atoms with E-state index in [-0.39, 0.29) is 12.3 Å². The van der Waals surface area contributed by atoms with Crippen LogP contribution in [0.5, 0.6) is 11.5 Å². The summed E-state index contributed by atoms with van der Waals surface area (Å²) in [4.78, 5) is 12.4. The number of nitrogens with one attached hydrogen (secondary N) is 1. The number of ether oxygens (including phenoxy) is 2. The Bertz CT molecular complexity index is 961. The Hall–Kier alpha value is -3.02. The molecule has 1 aromatic heterocycles. The van der Waals surface area contributed by atoms with Crippen LogP contribution in [0.15, 0.2) is 34.9 Å². The third-order valence-corrected chi connectivity index (χ3v) is 4.31. The van der Waals surface area contributed by atoms with Crippen molar-refractivity contribution in [2.24, 2.45) is 0 Å². The topological polar surface area (TPSA) is 73.6 Å². The van der Waals surface area contributed by atoms with Gasteiger partial charge in [0.1, 0.15) is 18.9 Å². The molecule has 0 radical (unpaired) electrons. The van der Waals surface area contributed by atoms with Crippen molar-refractivity contribution in [3.63, 3.8) is 0 Å². The Kier molecular flexibility index (Phi) is 3.80. The second-order valence-electron chi connectivity index (χ2n) is 6.15. The maximum atomic E-state index is 12.4. The Morgan fingerprint density at radius 2 is 1.84 bits per heavy atom. The minimum absolute atomic E-state index is 0.143. The Morgan fingerprint density at radius 1 is 1.08 bits per heavy atom. The highest BCUT2D eigenvalue weighted by Gasteiger charge is 2.16. The van der Waals surface area contributed by atoms with Crippen molar-refractivity contribution in [3.05, 3.63) is 47.2 Å². The molecule has 25 heavy (non-hydrogen) atoms. The quantitative estimate of drug-likeness (QED) is 0.792. The fourth-order valence-electron chi connectivity index (χ4n) is 2.85. The number of hydrogen-bond acceptors (Lipinski definition) is 5. The largest absolute Gasteiger partial charge is 0.486 e. The van der Waals surface area contributed by atoms with Gasteiger partial charge in [-0.2, -0.15) is 0 Å². The first kappa shape index (κ1) is 15.5. The molecule has 0 unspecified atom stereocenters. The van der Waals surface area contributed by atoms with Crippen LogP contribution in [0, 0.1) is 13.8 Å². The zero-order valence-corrected chi connectivity index (χ0v) is 14.1. The summed E-state index contributed by atoms with van der Waals surface area (Å²) in [5.41, 5.74) is 4.27. The van der Waals surface area contributed by atoms with Crippen molar-refractivity contribution >= 4 is 22.6 Å². The predicted molar refractivity (Wildman–Crippen MR) is 93.2 cm³/mol. The summed E-state index contributed by atoms with van der Waals surface area (Å²) < 4.78 is 16.4. The summed E-state index contributed by atoms with van der Waals surface area (Å²) >= 11 is 0.